The van der Waals surface area contributed by atoms with Crippen LogP contribution in [0.3, 0.4) is 0 Å². The SMILES string of the molecule is CCC1CN(C(=O)CNC(=O)OC(C)(C)C)CCC1NS(=O)(=O)c1ccc(NC(=O)c2ccccc2C)c2ccccc12. The molecular formula is C32H40N4O6S. The van der Waals surface area contributed by atoms with Crippen LogP contribution in [0.1, 0.15) is 56.5 Å². The van der Waals surface area contributed by atoms with E-state index in [1.54, 1.807) is 68.1 Å². The van der Waals surface area contributed by atoms with Crippen LogP contribution >= 0.6 is 0 Å². The van der Waals surface area contributed by atoms with Gasteiger partial charge in [0, 0.05) is 41.2 Å². The second-order valence-electron chi connectivity index (χ2n) is 11.8. The van der Waals surface area contributed by atoms with Crippen LogP contribution in [0.15, 0.2) is 65.6 Å². The molecule has 3 amide bonds. The average molecular weight is 609 g/mol. The Morgan fingerprint density at radius 3 is 2.33 bits per heavy atom. The van der Waals surface area contributed by atoms with Crippen LogP contribution in [0, 0.1) is 12.8 Å². The topological polar surface area (TPSA) is 134 Å². The maximum absolute atomic E-state index is 13.7. The van der Waals surface area contributed by atoms with E-state index in [4.69, 9.17) is 4.74 Å². The number of alkyl carbamates (subject to hydrolysis) is 1. The smallest absolute Gasteiger partial charge is 0.408 e. The number of likely N-dealkylation sites (tertiary alicyclic amines) is 1. The molecule has 2 unspecified atom stereocenters. The van der Waals surface area contributed by atoms with Crippen molar-refractivity contribution in [1.82, 2.24) is 14.9 Å². The van der Waals surface area contributed by atoms with Gasteiger partial charge in [-0.1, -0.05) is 55.8 Å². The van der Waals surface area contributed by atoms with Gasteiger partial charge in [0.2, 0.25) is 15.9 Å². The van der Waals surface area contributed by atoms with Gasteiger partial charge in [-0.2, -0.15) is 0 Å². The third kappa shape index (κ3) is 7.91. The van der Waals surface area contributed by atoms with Crippen LogP contribution in [0.5, 0.6) is 0 Å². The summed E-state index contributed by atoms with van der Waals surface area (Å²) in [6, 6.07) is 17.1. The minimum atomic E-state index is -3.95. The zero-order valence-electron chi connectivity index (χ0n) is 25.3. The lowest BCUT2D eigenvalue weighted by atomic mass is 9.90. The van der Waals surface area contributed by atoms with Gasteiger partial charge in [-0.15, -0.1) is 0 Å². The molecule has 3 aromatic carbocycles. The van der Waals surface area contributed by atoms with Gasteiger partial charge in [-0.25, -0.2) is 17.9 Å². The Kier molecular flexibility index (Phi) is 9.76. The van der Waals surface area contributed by atoms with Gasteiger partial charge >= 0.3 is 6.09 Å². The number of sulfonamides is 1. The zero-order chi connectivity index (χ0) is 31.4. The first-order valence-corrected chi connectivity index (χ1v) is 15.9. The minimum absolute atomic E-state index is 0.118. The molecule has 0 bridgehead atoms. The van der Waals surface area contributed by atoms with Crippen molar-refractivity contribution >= 4 is 44.4 Å². The van der Waals surface area contributed by atoms with Gasteiger partial charge in [0.25, 0.3) is 5.91 Å². The second-order valence-corrected chi connectivity index (χ2v) is 13.5. The highest BCUT2D eigenvalue weighted by atomic mass is 32.2. The molecule has 2 atom stereocenters. The number of rotatable bonds is 8. The number of carbonyl (C=O) groups is 3. The number of benzene rings is 3. The third-order valence-electron chi connectivity index (χ3n) is 7.51. The standard InChI is InChI=1S/C32H40N4O6S/c1-6-22-20-36(29(37)19-33-31(39)42-32(3,4)5)18-17-26(22)35-43(40,41)28-16-15-27(24-13-9-10-14-25(24)28)34-30(38)23-12-8-7-11-21(23)2/h7-16,22,26,35H,6,17-20H2,1-5H3,(H,33,39)(H,34,38). The molecule has 0 spiro atoms. The summed E-state index contributed by atoms with van der Waals surface area (Å²) in [4.78, 5) is 39.5. The Morgan fingerprint density at radius 1 is 0.977 bits per heavy atom. The van der Waals surface area contributed by atoms with Crippen molar-refractivity contribution in [2.45, 2.75) is 64.0 Å². The van der Waals surface area contributed by atoms with Crippen LogP contribution in [-0.4, -0.2) is 62.5 Å². The molecule has 10 nitrogen and oxygen atoms in total. The summed E-state index contributed by atoms with van der Waals surface area (Å²) in [6.45, 7) is 9.57. The fraction of sp³-hybridized carbons (Fsp3) is 0.406. The second kappa shape index (κ2) is 13.1. The van der Waals surface area contributed by atoms with E-state index in [-0.39, 0.29) is 35.2 Å². The predicted molar refractivity (Wildman–Crippen MR) is 166 cm³/mol. The summed E-state index contributed by atoms with van der Waals surface area (Å²) in [5.41, 5.74) is 1.23. The molecule has 1 aliphatic heterocycles. The minimum Gasteiger partial charge on any atom is -0.444 e. The molecule has 1 saturated heterocycles. The lowest BCUT2D eigenvalue weighted by molar-refractivity contribution is -0.132. The Labute approximate surface area is 253 Å². The van der Waals surface area contributed by atoms with Gasteiger partial charge in [0.15, 0.2) is 0 Å². The molecule has 0 aromatic heterocycles. The molecule has 3 N–H and O–H groups in total. The number of fused-ring (bicyclic) bond motifs is 1. The van der Waals surface area contributed by atoms with Gasteiger partial charge < -0.3 is 20.3 Å². The van der Waals surface area contributed by atoms with Gasteiger partial charge in [0.05, 0.1) is 4.90 Å². The molecule has 43 heavy (non-hydrogen) atoms. The quantitative estimate of drug-likeness (QED) is 0.336. The number of nitrogens with one attached hydrogen (secondary N) is 3. The number of anilines is 1. The Bertz CT molecular complexity index is 1620. The van der Waals surface area contributed by atoms with Gasteiger partial charge in [0.1, 0.15) is 12.1 Å². The van der Waals surface area contributed by atoms with E-state index in [2.05, 4.69) is 15.4 Å². The van der Waals surface area contributed by atoms with Crippen molar-refractivity contribution in [3.63, 3.8) is 0 Å². The number of amides is 3. The highest BCUT2D eigenvalue weighted by molar-refractivity contribution is 7.89. The third-order valence-corrected chi connectivity index (χ3v) is 9.06. The first-order valence-electron chi connectivity index (χ1n) is 14.4. The summed E-state index contributed by atoms with van der Waals surface area (Å²) in [6.07, 6.45) is 0.419. The number of aryl methyl sites for hydroxylation is 1. The number of hydrogen-bond donors (Lipinski definition) is 3. The van der Waals surface area contributed by atoms with Crippen molar-refractivity contribution in [1.29, 1.82) is 0 Å². The molecule has 0 radical (unpaired) electrons. The highest BCUT2D eigenvalue weighted by Gasteiger charge is 2.34. The first kappa shape index (κ1) is 32.0. The van der Waals surface area contributed by atoms with E-state index in [0.717, 1.165) is 5.56 Å². The van der Waals surface area contributed by atoms with Crippen LogP contribution in [0.4, 0.5) is 10.5 Å². The Hall–Kier alpha value is -3.96. The van der Waals surface area contributed by atoms with E-state index < -0.39 is 21.7 Å². The van der Waals surface area contributed by atoms with E-state index in [1.165, 1.54) is 6.07 Å². The Morgan fingerprint density at radius 2 is 1.65 bits per heavy atom. The number of hydrogen-bond acceptors (Lipinski definition) is 6. The largest absolute Gasteiger partial charge is 0.444 e. The summed E-state index contributed by atoms with van der Waals surface area (Å²) >= 11 is 0. The van der Waals surface area contributed by atoms with Crippen molar-refractivity contribution in [3.05, 3.63) is 71.8 Å². The monoisotopic (exact) mass is 608 g/mol. The van der Waals surface area contributed by atoms with Gasteiger partial charge in [-0.05, 0) is 63.8 Å². The maximum Gasteiger partial charge on any atom is 0.408 e. The van der Waals surface area contributed by atoms with Gasteiger partial charge in [-0.3, -0.25) is 9.59 Å². The molecule has 0 saturated carbocycles. The molecule has 4 rings (SSSR count). The van der Waals surface area contributed by atoms with Crippen LogP contribution in [0.2, 0.25) is 0 Å². The van der Waals surface area contributed by atoms with Crippen molar-refractivity contribution in [2.24, 2.45) is 5.92 Å². The maximum atomic E-state index is 13.7. The van der Waals surface area contributed by atoms with Crippen LogP contribution in [0.25, 0.3) is 10.8 Å². The molecule has 11 heteroatoms. The summed E-state index contributed by atoms with van der Waals surface area (Å²) in [7, 11) is -3.95. The highest BCUT2D eigenvalue weighted by Crippen LogP contribution is 2.31. The summed E-state index contributed by atoms with van der Waals surface area (Å²) < 4.78 is 35.6. The molecule has 1 heterocycles. The lowest BCUT2D eigenvalue weighted by Crippen LogP contribution is -2.53. The van der Waals surface area contributed by atoms with E-state index >= 15 is 0 Å². The van der Waals surface area contributed by atoms with Crippen LogP contribution < -0.4 is 15.4 Å². The van der Waals surface area contributed by atoms with E-state index in [9.17, 15) is 22.8 Å². The zero-order valence-corrected chi connectivity index (χ0v) is 26.1. The fourth-order valence-corrected chi connectivity index (χ4v) is 6.85. The lowest BCUT2D eigenvalue weighted by Gasteiger charge is -2.38. The molecule has 3 aromatic rings. The predicted octanol–water partition coefficient (Wildman–Crippen LogP) is 4.83. The number of ether oxygens (including phenoxy) is 1. The number of carbonyl (C=O) groups excluding carboxylic acids is 3. The normalized spacial score (nSPS) is 17.4. The number of piperidine rings is 1. The molecular weight excluding hydrogens is 568 g/mol. The van der Waals surface area contributed by atoms with Crippen molar-refractivity contribution in [3.8, 4) is 0 Å². The number of nitrogens with zero attached hydrogens (tertiary/aromatic N) is 1. The summed E-state index contributed by atoms with van der Waals surface area (Å²) in [5, 5.41) is 6.53. The van der Waals surface area contributed by atoms with Crippen LogP contribution in [-0.2, 0) is 19.6 Å². The fourth-order valence-electron chi connectivity index (χ4n) is 5.30. The molecule has 1 fully saturated rings. The molecule has 0 aliphatic carbocycles. The van der Waals surface area contributed by atoms with E-state index in [1.807, 2.05) is 26.0 Å². The molecule has 1 aliphatic rings. The molecule has 230 valence electrons. The van der Waals surface area contributed by atoms with E-state index in [0.29, 0.717) is 48.0 Å². The van der Waals surface area contributed by atoms with Crippen molar-refractivity contribution in [2.75, 3.05) is 25.0 Å². The Balaban J connectivity index is 1.47. The van der Waals surface area contributed by atoms with Crippen molar-refractivity contribution < 1.29 is 27.5 Å². The first-order chi connectivity index (χ1) is 20.3. The average Bonchev–Trinajstić information content (AvgIpc) is 2.95. The summed E-state index contributed by atoms with van der Waals surface area (Å²) in [5.74, 6) is -0.641.